The van der Waals surface area contributed by atoms with E-state index in [1.807, 2.05) is 0 Å². The number of anilines is 2. The van der Waals surface area contributed by atoms with Crippen LogP contribution in [-0.4, -0.2) is 30.2 Å². The molecule has 0 radical (unpaired) electrons. The molecule has 2 aromatic carbocycles. The average molecular weight is 463 g/mol. The van der Waals surface area contributed by atoms with Crippen LogP contribution < -0.4 is 10.6 Å². The summed E-state index contributed by atoms with van der Waals surface area (Å²) in [5.74, 6) is -2.36. The predicted octanol–water partition coefficient (Wildman–Crippen LogP) is 3.45. The molecule has 0 saturated heterocycles. The maximum absolute atomic E-state index is 13.8. The second kappa shape index (κ2) is 9.19. The number of rotatable bonds is 6. The minimum Gasteiger partial charge on any atom is -0.326 e. The molecule has 8 nitrogen and oxygen atoms in total. The van der Waals surface area contributed by atoms with Crippen molar-refractivity contribution in [1.29, 1.82) is 0 Å². The number of hydrogen-bond donors (Lipinski definition) is 2. The molecular formula is C20H16ClFN4O4S. The topological polar surface area (TPSA) is 118 Å². The van der Waals surface area contributed by atoms with Gasteiger partial charge in [-0.15, -0.1) is 0 Å². The van der Waals surface area contributed by atoms with Gasteiger partial charge in [0.1, 0.15) is 5.82 Å². The molecule has 0 saturated carbocycles. The summed E-state index contributed by atoms with van der Waals surface area (Å²) in [7, 11) is -4.14. The molecule has 1 heterocycles. The van der Waals surface area contributed by atoms with Crippen molar-refractivity contribution < 1.29 is 22.4 Å². The summed E-state index contributed by atoms with van der Waals surface area (Å²) < 4.78 is 39.1. The van der Waals surface area contributed by atoms with Crippen LogP contribution in [0.4, 0.5) is 15.8 Å². The molecule has 31 heavy (non-hydrogen) atoms. The highest BCUT2D eigenvalue weighted by molar-refractivity contribution is 7.90. The van der Waals surface area contributed by atoms with Gasteiger partial charge in [-0.3, -0.25) is 9.59 Å². The van der Waals surface area contributed by atoms with Gasteiger partial charge in [-0.25, -0.2) is 22.8 Å². The lowest BCUT2D eigenvalue weighted by Gasteiger charge is -2.09. The van der Waals surface area contributed by atoms with Crippen LogP contribution in [0.15, 0.2) is 59.9 Å². The first kappa shape index (κ1) is 22.3. The van der Waals surface area contributed by atoms with Gasteiger partial charge >= 0.3 is 0 Å². The van der Waals surface area contributed by atoms with E-state index in [0.717, 1.165) is 12.3 Å². The third-order valence-electron chi connectivity index (χ3n) is 3.98. The van der Waals surface area contributed by atoms with E-state index in [2.05, 4.69) is 20.6 Å². The zero-order valence-corrected chi connectivity index (χ0v) is 17.7. The minimum atomic E-state index is -4.14. The molecule has 2 amide bonds. The molecule has 0 spiro atoms. The number of aromatic nitrogens is 2. The van der Waals surface area contributed by atoms with Gasteiger partial charge in [0.25, 0.3) is 5.91 Å². The van der Waals surface area contributed by atoms with E-state index in [-0.39, 0.29) is 22.2 Å². The SMILES string of the molecule is CC(=O)Nc1ccc(NC(=O)c2nc(S(=O)(=O)Cc3ccccc3F)ncc2Cl)cc1. The number of carbonyl (C=O) groups excluding carboxylic acids is 2. The van der Waals surface area contributed by atoms with Crippen molar-refractivity contribution in [2.45, 2.75) is 17.8 Å². The first-order valence-corrected chi connectivity index (χ1v) is 10.9. The Morgan fingerprint density at radius 1 is 1.03 bits per heavy atom. The van der Waals surface area contributed by atoms with Crippen molar-refractivity contribution >= 4 is 44.6 Å². The van der Waals surface area contributed by atoms with Crippen LogP contribution in [0.1, 0.15) is 23.0 Å². The van der Waals surface area contributed by atoms with Crippen LogP contribution in [0.25, 0.3) is 0 Å². The average Bonchev–Trinajstić information content (AvgIpc) is 2.71. The first-order chi connectivity index (χ1) is 14.7. The molecule has 0 atom stereocenters. The predicted molar refractivity (Wildman–Crippen MR) is 113 cm³/mol. The van der Waals surface area contributed by atoms with Crippen LogP contribution in [-0.2, 0) is 20.4 Å². The fraction of sp³-hybridized carbons (Fsp3) is 0.100. The fourth-order valence-corrected chi connectivity index (χ4v) is 3.97. The van der Waals surface area contributed by atoms with Gasteiger partial charge in [-0.1, -0.05) is 29.8 Å². The summed E-state index contributed by atoms with van der Waals surface area (Å²) in [6.07, 6.45) is 0.998. The maximum atomic E-state index is 13.8. The van der Waals surface area contributed by atoms with Crippen LogP contribution in [0.2, 0.25) is 5.02 Å². The lowest BCUT2D eigenvalue weighted by molar-refractivity contribution is -0.114. The number of hydrogen-bond acceptors (Lipinski definition) is 6. The summed E-state index contributed by atoms with van der Waals surface area (Å²) in [5.41, 5.74) is 0.498. The van der Waals surface area contributed by atoms with E-state index < -0.39 is 32.5 Å². The largest absolute Gasteiger partial charge is 0.326 e. The summed E-state index contributed by atoms with van der Waals surface area (Å²) >= 11 is 5.99. The van der Waals surface area contributed by atoms with Gasteiger partial charge in [0.2, 0.25) is 20.9 Å². The summed E-state index contributed by atoms with van der Waals surface area (Å²) in [6.45, 7) is 1.37. The number of carbonyl (C=O) groups is 2. The third-order valence-corrected chi connectivity index (χ3v) is 5.70. The normalized spacial score (nSPS) is 11.1. The standard InChI is InChI=1S/C20H16ClFN4O4S/c1-12(27)24-14-6-8-15(9-7-14)25-19(28)18-16(21)10-23-20(26-18)31(29,30)11-13-4-2-3-5-17(13)22/h2-10H,11H2,1H3,(H,24,27)(H,25,28). The Balaban J connectivity index is 1.82. The number of benzene rings is 2. The van der Waals surface area contributed by atoms with Gasteiger partial charge in [0.05, 0.1) is 17.0 Å². The summed E-state index contributed by atoms with van der Waals surface area (Å²) in [5, 5.41) is 4.32. The quantitative estimate of drug-likeness (QED) is 0.541. The lowest BCUT2D eigenvalue weighted by Crippen LogP contribution is -2.18. The molecule has 0 aliphatic rings. The highest BCUT2D eigenvalue weighted by atomic mass is 35.5. The van der Waals surface area contributed by atoms with Gasteiger partial charge in [0.15, 0.2) is 5.69 Å². The molecule has 3 aromatic rings. The molecule has 160 valence electrons. The van der Waals surface area contributed by atoms with E-state index in [4.69, 9.17) is 11.6 Å². The van der Waals surface area contributed by atoms with E-state index in [0.29, 0.717) is 11.4 Å². The Morgan fingerprint density at radius 3 is 2.26 bits per heavy atom. The van der Waals surface area contributed by atoms with Crippen LogP contribution in [0, 0.1) is 5.82 Å². The minimum absolute atomic E-state index is 0.0497. The Kier molecular flexibility index (Phi) is 6.62. The van der Waals surface area contributed by atoms with E-state index in [1.165, 1.54) is 37.3 Å². The van der Waals surface area contributed by atoms with Gasteiger partial charge in [-0.2, -0.15) is 0 Å². The Morgan fingerprint density at radius 2 is 1.65 bits per heavy atom. The molecule has 0 bridgehead atoms. The highest BCUT2D eigenvalue weighted by Crippen LogP contribution is 2.21. The number of sulfone groups is 1. The molecule has 2 N–H and O–H groups in total. The third kappa shape index (κ3) is 5.62. The first-order valence-electron chi connectivity index (χ1n) is 8.83. The lowest BCUT2D eigenvalue weighted by atomic mass is 10.2. The number of nitrogens with zero attached hydrogens (tertiary/aromatic N) is 2. The monoisotopic (exact) mass is 462 g/mol. The second-order valence-corrected chi connectivity index (χ2v) is 8.70. The number of halogens is 2. The van der Waals surface area contributed by atoms with Crippen LogP contribution in [0.5, 0.6) is 0 Å². The van der Waals surface area contributed by atoms with Gasteiger partial charge < -0.3 is 10.6 Å². The van der Waals surface area contributed by atoms with Gasteiger partial charge in [-0.05, 0) is 30.3 Å². The van der Waals surface area contributed by atoms with E-state index in [9.17, 15) is 22.4 Å². The Labute approximate surface area is 182 Å². The zero-order chi connectivity index (χ0) is 22.6. The van der Waals surface area contributed by atoms with E-state index >= 15 is 0 Å². The van der Waals surface area contributed by atoms with Crippen molar-refractivity contribution in [3.05, 3.63) is 76.8 Å². The molecule has 0 unspecified atom stereocenters. The summed E-state index contributed by atoms with van der Waals surface area (Å²) in [4.78, 5) is 31.1. The van der Waals surface area contributed by atoms with Crippen molar-refractivity contribution in [2.75, 3.05) is 10.6 Å². The van der Waals surface area contributed by atoms with Crippen LogP contribution >= 0.6 is 11.6 Å². The molecule has 1 aromatic heterocycles. The molecule has 0 aliphatic heterocycles. The highest BCUT2D eigenvalue weighted by Gasteiger charge is 2.24. The Bertz CT molecular complexity index is 1250. The molecule has 11 heteroatoms. The maximum Gasteiger partial charge on any atom is 0.275 e. The molecular weight excluding hydrogens is 447 g/mol. The molecule has 0 fully saturated rings. The van der Waals surface area contributed by atoms with Crippen molar-refractivity contribution in [3.63, 3.8) is 0 Å². The molecule has 3 rings (SSSR count). The smallest absolute Gasteiger partial charge is 0.275 e. The zero-order valence-electron chi connectivity index (χ0n) is 16.1. The number of amides is 2. The second-order valence-electron chi connectivity index (χ2n) is 6.41. The number of nitrogens with one attached hydrogen (secondary N) is 2. The molecule has 0 aliphatic carbocycles. The summed E-state index contributed by atoms with van der Waals surface area (Å²) in [6, 6.07) is 11.6. The van der Waals surface area contributed by atoms with Crippen molar-refractivity contribution in [2.24, 2.45) is 0 Å². The van der Waals surface area contributed by atoms with Crippen molar-refractivity contribution in [3.8, 4) is 0 Å². The fourth-order valence-electron chi connectivity index (χ4n) is 2.58. The van der Waals surface area contributed by atoms with Crippen molar-refractivity contribution in [1.82, 2.24) is 9.97 Å². The van der Waals surface area contributed by atoms with E-state index in [1.54, 1.807) is 12.1 Å². The van der Waals surface area contributed by atoms with Gasteiger partial charge in [0, 0.05) is 23.9 Å². The Hall–Kier alpha value is -3.37. The van der Waals surface area contributed by atoms with Crippen LogP contribution in [0.3, 0.4) is 0 Å².